The zero-order chi connectivity index (χ0) is 21.9. The number of hydrogen-bond donors (Lipinski definition) is 2. The second kappa shape index (κ2) is 8.38. The van der Waals surface area contributed by atoms with Crippen molar-refractivity contribution in [2.45, 2.75) is 13.2 Å². The van der Waals surface area contributed by atoms with E-state index in [0.717, 1.165) is 39.0 Å². The van der Waals surface area contributed by atoms with Crippen LogP contribution in [0.1, 0.15) is 5.69 Å². The highest BCUT2D eigenvalue weighted by Crippen LogP contribution is 2.26. The molecule has 0 aliphatic heterocycles. The quantitative estimate of drug-likeness (QED) is 0.405. The molecule has 4 N–H and O–H groups in total. The van der Waals surface area contributed by atoms with Gasteiger partial charge in [-0.05, 0) is 48.5 Å². The van der Waals surface area contributed by atoms with Crippen molar-refractivity contribution in [1.29, 1.82) is 0 Å². The number of aromatic nitrogens is 5. The summed E-state index contributed by atoms with van der Waals surface area (Å²) >= 11 is 0. The standard InChI is InChI=1S/C23H21N7O2/c24-22-9-7-16-18(26-22)3-1-5-20(16)31-12-11-30-13-15(28-29-30)14-32-21-6-2-4-19-17(21)8-10-23(25)27-19/h1-10,13H,11-12,14H2,(H2,24,26)(H2,25,27). The monoisotopic (exact) mass is 427 g/mol. The fourth-order valence-corrected chi connectivity index (χ4v) is 3.45. The van der Waals surface area contributed by atoms with Gasteiger partial charge in [0, 0.05) is 10.8 Å². The molecule has 32 heavy (non-hydrogen) atoms. The van der Waals surface area contributed by atoms with Crippen LogP contribution in [0.25, 0.3) is 21.8 Å². The highest BCUT2D eigenvalue weighted by atomic mass is 16.5. The van der Waals surface area contributed by atoms with Gasteiger partial charge in [-0.3, -0.25) is 0 Å². The van der Waals surface area contributed by atoms with Crippen LogP contribution in [-0.2, 0) is 13.2 Å². The Morgan fingerprint density at radius 1 is 0.750 bits per heavy atom. The summed E-state index contributed by atoms with van der Waals surface area (Å²) in [5.41, 5.74) is 13.8. The van der Waals surface area contributed by atoms with Crippen LogP contribution in [0.2, 0.25) is 0 Å². The van der Waals surface area contributed by atoms with Gasteiger partial charge >= 0.3 is 0 Å². The third-order valence-electron chi connectivity index (χ3n) is 4.97. The molecular formula is C23H21N7O2. The number of fused-ring (bicyclic) bond motifs is 2. The maximum absolute atomic E-state index is 5.95. The van der Waals surface area contributed by atoms with E-state index in [1.807, 2.05) is 54.7 Å². The number of nitrogens with zero attached hydrogens (tertiary/aromatic N) is 5. The molecule has 0 radical (unpaired) electrons. The van der Waals surface area contributed by atoms with E-state index in [-0.39, 0.29) is 0 Å². The highest BCUT2D eigenvalue weighted by molar-refractivity contribution is 5.86. The summed E-state index contributed by atoms with van der Waals surface area (Å²) in [6.07, 6.45) is 1.84. The topological polar surface area (TPSA) is 127 Å². The Kier molecular flexibility index (Phi) is 5.12. The molecule has 5 rings (SSSR count). The smallest absolute Gasteiger partial charge is 0.134 e. The molecule has 2 aromatic carbocycles. The fraction of sp³-hybridized carbons (Fsp3) is 0.130. The first kappa shape index (κ1) is 19.6. The zero-order valence-electron chi connectivity index (χ0n) is 17.2. The summed E-state index contributed by atoms with van der Waals surface area (Å²) in [5.74, 6) is 2.43. The van der Waals surface area contributed by atoms with Crippen molar-refractivity contribution >= 4 is 33.4 Å². The van der Waals surface area contributed by atoms with E-state index in [1.165, 1.54) is 0 Å². The predicted molar refractivity (Wildman–Crippen MR) is 122 cm³/mol. The van der Waals surface area contributed by atoms with Crippen LogP contribution in [-0.4, -0.2) is 31.6 Å². The number of rotatable bonds is 7. The summed E-state index contributed by atoms with van der Waals surface area (Å²) in [6.45, 7) is 1.27. The largest absolute Gasteiger partial charge is 0.491 e. The first-order chi connectivity index (χ1) is 15.7. The Labute approximate surface area is 183 Å². The maximum Gasteiger partial charge on any atom is 0.134 e. The molecule has 9 heteroatoms. The molecule has 3 heterocycles. The van der Waals surface area contributed by atoms with Crippen molar-refractivity contribution in [2.75, 3.05) is 18.1 Å². The van der Waals surface area contributed by atoms with E-state index in [9.17, 15) is 0 Å². The Balaban J connectivity index is 1.20. The summed E-state index contributed by atoms with van der Waals surface area (Å²) < 4.78 is 13.6. The van der Waals surface area contributed by atoms with Gasteiger partial charge in [0.15, 0.2) is 0 Å². The minimum absolute atomic E-state index is 0.292. The lowest BCUT2D eigenvalue weighted by molar-refractivity contribution is 0.292. The van der Waals surface area contributed by atoms with Gasteiger partial charge in [0.2, 0.25) is 0 Å². The number of hydrogen-bond acceptors (Lipinski definition) is 8. The highest BCUT2D eigenvalue weighted by Gasteiger charge is 2.08. The van der Waals surface area contributed by atoms with Crippen LogP contribution in [0.4, 0.5) is 11.6 Å². The van der Waals surface area contributed by atoms with Crippen LogP contribution >= 0.6 is 0 Å². The lowest BCUT2D eigenvalue weighted by Crippen LogP contribution is -2.09. The summed E-state index contributed by atoms with van der Waals surface area (Å²) in [6, 6.07) is 18.7. The van der Waals surface area contributed by atoms with Crippen molar-refractivity contribution < 1.29 is 9.47 Å². The molecule has 0 saturated heterocycles. The van der Waals surface area contributed by atoms with Crippen LogP contribution in [0, 0.1) is 0 Å². The van der Waals surface area contributed by atoms with Crippen LogP contribution in [0.5, 0.6) is 11.5 Å². The maximum atomic E-state index is 5.95. The van der Waals surface area contributed by atoms with Gasteiger partial charge < -0.3 is 20.9 Å². The molecule has 5 aromatic rings. The molecular weight excluding hydrogens is 406 g/mol. The average molecular weight is 427 g/mol. The Morgan fingerprint density at radius 2 is 1.38 bits per heavy atom. The molecule has 0 aliphatic carbocycles. The van der Waals surface area contributed by atoms with Crippen molar-refractivity contribution in [3.05, 3.63) is 72.6 Å². The SMILES string of the molecule is Nc1ccc2c(OCCn3cc(COc4cccc5nc(N)ccc45)nn3)cccc2n1. The van der Waals surface area contributed by atoms with E-state index >= 15 is 0 Å². The molecule has 0 bridgehead atoms. The normalized spacial score (nSPS) is 11.1. The van der Waals surface area contributed by atoms with Crippen LogP contribution in [0.15, 0.2) is 66.9 Å². The number of nitrogen functional groups attached to an aromatic ring is 2. The number of nitrogens with two attached hydrogens (primary N) is 2. The lowest BCUT2D eigenvalue weighted by Gasteiger charge is -2.09. The molecule has 0 unspecified atom stereocenters. The molecule has 0 amide bonds. The summed E-state index contributed by atoms with van der Waals surface area (Å²) in [7, 11) is 0. The Bertz CT molecular complexity index is 1400. The lowest BCUT2D eigenvalue weighted by atomic mass is 10.2. The molecule has 0 atom stereocenters. The third kappa shape index (κ3) is 4.08. The molecule has 0 spiro atoms. The average Bonchev–Trinajstić information content (AvgIpc) is 3.25. The molecule has 0 aliphatic rings. The Morgan fingerprint density at radius 3 is 2.03 bits per heavy atom. The zero-order valence-corrected chi connectivity index (χ0v) is 17.2. The van der Waals surface area contributed by atoms with Gasteiger partial charge in [0.1, 0.15) is 42.0 Å². The molecule has 3 aromatic heterocycles. The fourth-order valence-electron chi connectivity index (χ4n) is 3.45. The number of anilines is 2. The van der Waals surface area contributed by atoms with Gasteiger partial charge in [-0.25, -0.2) is 14.6 Å². The second-order valence-electron chi connectivity index (χ2n) is 7.23. The predicted octanol–water partition coefficient (Wildman–Crippen LogP) is 3.20. The first-order valence-corrected chi connectivity index (χ1v) is 10.1. The van der Waals surface area contributed by atoms with Gasteiger partial charge in [0.25, 0.3) is 0 Å². The van der Waals surface area contributed by atoms with Gasteiger partial charge in [-0.15, -0.1) is 5.10 Å². The van der Waals surface area contributed by atoms with Gasteiger partial charge in [0.05, 0.1) is 23.8 Å². The van der Waals surface area contributed by atoms with Crippen molar-refractivity contribution in [3.8, 4) is 11.5 Å². The minimum Gasteiger partial charge on any atom is -0.491 e. The molecule has 0 fully saturated rings. The van der Waals surface area contributed by atoms with E-state index in [4.69, 9.17) is 20.9 Å². The van der Waals surface area contributed by atoms with Crippen LogP contribution in [0.3, 0.4) is 0 Å². The third-order valence-corrected chi connectivity index (χ3v) is 4.97. The van der Waals surface area contributed by atoms with E-state index < -0.39 is 0 Å². The second-order valence-corrected chi connectivity index (χ2v) is 7.23. The summed E-state index contributed by atoms with van der Waals surface area (Å²) in [4.78, 5) is 8.64. The first-order valence-electron chi connectivity index (χ1n) is 10.1. The number of pyridine rings is 2. The van der Waals surface area contributed by atoms with Crippen LogP contribution < -0.4 is 20.9 Å². The number of benzene rings is 2. The van der Waals surface area contributed by atoms with E-state index in [0.29, 0.717) is 31.4 Å². The summed E-state index contributed by atoms with van der Waals surface area (Å²) in [5, 5.41) is 10.2. The minimum atomic E-state index is 0.292. The Hall–Kier alpha value is -4.40. The number of ether oxygens (including phenoxy) is 2. The van der Waals surface area contributed by atoms with Gasteiger partial charge in [-0.2, -0.15) is 0 Å². The van der Waals surface area contributed by atoms with Gasteiger partial charge in [-0.1, -0.05) is 17.3 Å². The molecule has 9 nitrogen and oxygen atoms in total. The molecule has 160 valence electrons. The van der Waals surface area contributed by atoms with Crippen molar-refractivity contribution in [1.82, 2.24) is 25.0 Å². The molecule has 0 saturated carbocycles. The van der Waals surface area contributed by atoms with E-state index in [2.05, 4.69) is 20.3 Å². The van der Waals surface area contributed by atoms with E-state index in [1.54, 1.807) is 16.8 Å². The van der Waals surface area contributed by atoms with Crippen molar-refractivity contribution in [3.63, 3.8) is 0 Å². The van der Waals surface area contributed by atoms with Crippen molar-refractivity contribution in [2.24, 2.45) is 0 Å².